The number of hydrogen-bond donors (Lipinski definition) is 1. The minimum atomic E-state index is -0.00891. The van der Waals surface area contributed by atoms with E-state index in [-0.39, 0.29) is 11.8 Å². The lowest BCUT2D eigenvalue weighted by Crippen LogP contribution is -2.37. The van der Waals surface area contributed by atoms with E-state index in [9.17, 15) is 9.59 Å². The molecular formula is C23H23N3O2. The first-order chi connectivity index (χ1) is 13.7. The topological polar surface area (TPSA) is 56.4 Å². The van der Waals surface area contributed by atoms with Gasteiger partial charge in [0.25, 0.3) is 11.8 Å². The van der Waals surface area contributed by atoms with Gasteiger partial charge in [0.15, 0.2) is 0 Å². The Labute approximate surface area is 164 Å². The SMILES string of the molecule is O=C(c1cccc(-c2ccccc2)c1)N1CCCN(C(=O)c2ccc[nH]2)CC1. The van der Waals surface area contributed by atoms with E-state index in [1.165, 1.54) is 0 Å². The standard InChI is InChI=1S/C23H23N3O2/c27-22(20-10-4-9-19(17-20)18-7-2-1-3-8-18)25-13-6-14-26(16-15-25)23(28)21-11-5-12-24-21/h1-5,7-12,17,24H,6,13-16H2. The minimum absolute atomic E-state index is 0.00891. The van der Waals surface area contributed by atoms with E-state index >= 15 is 0 Å². The van der Waals surface area contributed by atoms with E-state index < -0.39 is 0 Å². The number of nitrogens with one attached hydrogen (secondary N) is 1. The normalized spacial score (nSPS) is 14.6. The molecule has 0 atom stereocenters. The van der Waals surface area contributed by atoms with Crippen molar-refractivity contribution in [2.75, 3.05) is 26.2 Å². The van der Waals surface area contributed by atoms with Crippen LogP contribution in [0.2, 0.25) is 0 Å². The molecular weight excluding hydrogens is 350 g/mol. The number of benzene rings is 2. The highest BCUT2D eigenvalue weighted by Gasteiger charge is 2.24. The predicted molar refractivity (Wildman–Crippen MR) is 109 cm³/mol. The number of hydrogen-bond acceptors (Lipinski definition) is 2. The summed E-state index contributed by atoms with van der Waals surface area (Å²) < 4.78 is 0. The Bertz CT molecular complexity index is 951. The summed E-state index contributed by atoms with van der Waals surface area (Å²) in [6, 6.07) is 21.4. The van der Waals surface area contributed by atoms with Gasteiger partial charge >= 0.3 is 0 Å². The van der Waals surface area contributed by atoms with Crippen molar-refractivity contribution in [2.45, 2.75) is 6.42 Å². The third kappa shape index (κ3) is 3.83. The molecule has 1 aromatic heterocycles. The zero-order chi connectivity index (χ0) is 19.3. The van der Waals surface area contributed by atoms with Gasteiger partial charge in [-0.25, -0.2) is 0 Å². The van der Waals surface area contributed by atoms with Gasteiger partial charge in [0, 0.05) is 37.9 Å². The van der Waals surface area contributed by atoms with Crippen LogP contribution in [0.3, 0.4) is 0 Å². The molecule has 2 heterocycles. The Morgan fingerprint density at radius 1 is 0.714 bits per heavy atom. The highest BCUT2D eigenvalue weighted by atomic mass is 16.2. The summed E-state index contributed by atoms with van der Waals surface area (Å²) in [5.74, 6) is 0.0114. The van der Waals surface area contributed by atoms with Gasteiger partial charge in [-0.1, -0.05) is 42.5 Å². The van der Waals surface area contributed by atoms with E-state index in [0.717, 1.165) is 17.5 Å². The predicted octanol–water partition coefficient (Wildman–Crippen LogP) is 3.67. The summed E-state index contributed by atoms with van der Waals surface area (Å²) in [6.45, 7) is 2.40. The molecule has 28 heavy (non-hydrogen) atoms. The van der Waals surface area contributed by atoms with Crippen LogP contribution in [0.5, 0.6) is 0 Å². The summed E-state index contributed by atoms with van der Waals surface area (Å²) in [7, 11) is 0. The molecule has 0 unspecified atom stereocenters. The van der Waals surface area contributed by atoms with Crippen molar-refractivity contribution in [3.8, 4) is 11.1 Å². The van der Waals surface area contributed by atoms with Crippen molar-refractivity contribution >= 4 is 11.8 Å². The molecule has 0 aliphatic carbocycles. The largest absolute Gasteiger partial charge is 0.357 e. The summed E-state index contributed by atoms with van der Waals surface area (Å²) in [4.78, 5) is 32.2. The minimum Gasteiger partial charge on any atom is -0.357 e. The van der Waals surface area contributed by atoms with Crippen LogP contribution < -0.4 is 0 Å². The molecule has 5 nitrogen and oxygen atoms in total. The maximum absolute atomic E-state index is 13.1. The van der Waals surface area contributed by atoms with Crippen molar-refractivity contribution in [1.82, 2.24) is 14.8 Å². The lowest BCUT2D eigenvalue weighted by Gasteiger charge is -2.22. The first-order valence-electron chi connectivity index (χ1n) is 9.60. The Morgan fingerprint density at radius 2 is 1.43 bits per heavy atom. The number of aromatic amines is 1. The fourth-order valence-electron chi connectivity index (χ4n) is 3.60. The number of carbonyl (C=O) groups is 2. The monoisotopic (exact) mass is 373 g/mol. The van der Waals surface area contributed by atoms with Crippen LogP contribution >= 0.6 is 0 Å². The number of carbonyl (C=O) groups excluding carboxylic acids is 2. The molecule has 1 aliphatic heterocycles. The molecule has 1 N–H and O–H groups in total. The highest BCUT2D eigenvalue weighted by Crippen LogP contribution is 2.21. The molecule has 0 saturated carbocycles. The number of nitrogens with zero attached hydrogens (tertiary/aromatic N) is 2. The fourth-order valence-corrected chi connectivity index (χ4v) is 3.60. The number of H-pyrrole nitrogens is 1. The molecule has 2 amide bonds. The van der Waals surface area contributed by atoms with E-state index in [2.05, 4.69) is 4.98 Å². The quantitative estimate of drug-likeness (QED) is 0.762. The summed E-state index contributed by atoms with van der Waals surface area (Å²) in [6.07, 6.45) is 2.52. The third-order valence-electron chi connectivity index (χ3n) is 5.12. The van der Waals surface area contributed by atoms with Crippen LogP contribution in [0.1, 0.15) is 27.3 Å². The van der Waals surface area contributed by atoms with Crippen molar-refractivity contribution < 1.29 is 9.59 Å². The fraction of sp³-hybridized carbons (Fsp3) is 0.217. The lowest BCUT2D eigenvalue weighted by molar-refractivity contribution is 0.0716. The van der Waals surface area contributed by atoms with Crippen LogP contribution in [-0.2, 0) is 0 Å². The van der Waals surface area contributed by atoms with Gasteiger partial charge in [0.2, 0.25) is 0 Å². The molecule has 1 aliphatic rings. The van der Waals surface area contributed by atoms with E-state index in [0.29, 0.717) is 37.4 Å². The van der Waals surface area contributed by atoms with Gasteiger partial charge in [0.1, 0.15) is 5.69 Å². The first-order valence-corrected chi connectivity index (χ1v) is 9.60. The van der Waals surface area contributed by atoms with E-state index in [1.54, 1.807) is 12.3 Å². The van der Waals surface area contributed by atoms with Gasteiger partial charge in [-0.05, 0) is 41.8 Å². The molecule has 5 heteroatoms. The molecule has 4 rings (SSSR count). The second kappa shape index (κ2) is 8.13. The first kappa shape index (κ1) is 18.0. The molecule has 0 bridgehead atoms. The molecule has 0 spiro atoms. The zero-order valence-electron chi connectivity index (χ0n) is 15.7. The van der Waals surface area contributed by atoms with Gasteiger partial charge in [-0.2, -0.15) is 0 Å². The average molecular weight is 373 g/mol. The van der Waals surface area contributed by atoms with Gasteiger partial charge in [-0.15, -0.1) is 0 Å². The van der Waals surface area contributed by atoms with E-state index in [1.807, 2.05) is 70.5 Å². The summed E-state index contributed by atoms with van der Waals surface area (Å²) in [5, 5.41) is 0. The molecule has 3 aromatic rings. The maximum Gasteiger partial charge on any atom is 0.270 e. The summed E-state index contributed by atoms with van der Waals surface area (Å²) >= 11 is 0. The molecule has 0 radical (unpaired) electrons. The number of amides is 2. The summed E-state index contributed by atoms with van der Waals surface area (Å²) in [5.41, 5.74) is 3.40. The van der Waals surface area contributed by atoms with Crippen LogP contribution in [0.15, 0.2) is 72.9 Å². The second-order valence-corrected chi connectivity index (χ2v) is 6.97. The molecule has 2 aromatic carbocycles. The van der Waals surface area contributed by atoms with Gasteiger partial charge < -0.3 is 14.8 Å². The molecule has 142 valence electrons. The van der Waals surface area contributed by atoms with E-state index in [4.69, 9.17) is 0 Å². The molecule has 1 saturated heterocycles. The zero-order valence-corrected chi connectivity index (χ0v) is 15.7. The van der Waals surface area contributed by atoms with Crippen molar-refractivity contribution in [3.05, 3.63) is 84.2 Å². The van der Waals surface area contributed by atoms with Crippen LogP contribution in [-0.4, -0.2) is 52.8 Å². The third-order valence-corrected chi connectivity index (χ3v) is 5.12. The molecule has 1 fully saturated rings. The Hall–Kier alpha value is -3.34. The van der Waals surface area contributed by atoms with Crippen LogP contribution in [0.4, 0.5) is 0 Å². The van der Waals surface area contributed by atoms with Crippen LogP contribution in [0, 0.1) is 0 Å². The van der Waals surface area contributed by atoms with Crippen molar-refractivity contribution in [3.63, 3.8) is 0 Å². The smallest absolute Gasteiger partial charge is 0.270 e. The maximum atomic E-state index is 13.1. The van der Waals surface area contributed by atoms with Crippen molar-refractivity contribution in [1.29, 1.82) is 0 Å². The Kier molecular flexibility index (Phi) is 5.24. The second-order valence-electron chi connectivity index (χ2n) is 6.97. The number of aromatic nitrogens is 1. The number of rotatable bonds is 3. The average Bonchev–Trinajstić information content (AvgIpc) is 3.18. The Balaban J connectivity index is 1.46. The Morgan fingerprint density at radius 3 is 2.14 bits per heavy atom. The van der Waals surface area contributed by atoms with Gasteiger partial charge in [0.05, 0.1) is 0 Å². The van der Waals surface area contributed by atoms with Gasteiger partial charge in [-0.3, -0.25) is 9.59 Å². The lowest BCUT2D eigenvalue weighted by atomic mass is 10.0. The highest BCUT2D eigenvalue weighted by molar-refractivity contribution is 5.96. The van der Waals surface area contributed by atoms with Crippen molar-refractivity contribution in [2.24, 2.45) is 0 Å². The van der Waals surface area contributed by atoms with Crippen LogP contribution in [0.25, 0.3) is 11.1 Å².